The van der Waals surface area contributed by atoms with E-state index in [0.717, 1.165) is 16.7 Å². The van der Waals surface area contributed by atoms with E-state index in [2.05, 4.69) is 4.99 Å². The Bertz CT molecular complexity index is 1150. The summed E-state index contributed by atoms with van der Waals surface area (Å²) >= 11 is 0. The van der Waals surface area contributed by atoms with E-state index in [-0.39, 0.29) is 17.0 Å². The van der Waals surface area contributed by atoms with Crippen LogP contribution >= 0.6 is 0 Å². The van der Waals surface area contributed by atoms with Crippen LogP contribution in [-0.2, 0) is 0 Å². The van der Waals surface area contributed by atoms with Gasteiger partial charge in [-0.05, 0) is 86.0 Å². The molecule has 0 aliphatic heterocycles. The Balaban J connectivity index is 1.70. The second-order valence-corrected chi connectivity index (χ2v) is 6.90. The third-order valence-corrected chi connectivity index (χ3v) is 4.66. The average Bonchev–Trinajstić information content (AvgIpc) is 2.70. The lowest BCUT2D eigenvalue weighted by Crippen LogP contribution is -2.09. The van der Waals surface area contributed by atoms with Crippen molar-refractivity contribution in [3.05, 3.63) is 92.5 Å². The summed E-state index contributed by atoms with van der Waals surface area (Å²) in [6.45, 7) is 5.43. The average molecular weight is 404 g/mol. The van der Waals surface area contributed by atoms with Gasteiger partial charge in [0.05, 0.1) is 10.5 Å². The van der Waals surface area contributed by atoms with Crippen molar-refractivity contribution in [1.82, 2.24) is 0 Å². The van der Waals surface area contributed by atoms with Crippen LogP contribution in [0.25, 0.3) is 0 Å². The van der Waals surface area contributed by atoms with E-state index in [1.54, 1.807) is 43.5 Å². The molecule has 1 N–H and O–H groups in total. The molecule has 0 aromatic heterocycles. The topological polar surface area (TPSA) is 102 Å². The highest BCUT2D eigenvalue weighted by atomic mass is 16.6. The van der Waals surface area contributed by atoms with Crippen LogP contribution in [0, 0.1) is 30.9 Å². The highest BCUT2D eigenvalue weighted by molar-refractivity contribution is 5.92. The quantitative estimate of drug-likeness (QED) is 0.207. The molecule has 7 heteroatoms. The Morgan fingerprint density at radius 3 is 2.30 bits per heavy atom. The van der Waals surface area contributed by atoms with Gasteiger partial charge in [0.25, 0.3) is 5.69 Å². The van der Waals surface area contributed by atoms with E-state index < -0.39 is 10.9 Å². The summed E-state index contributed by atoms with van der Waals surface area (Å²) in [6.07, 6.45) is 1.61. The van der Waals surface area contributed by atoms with Crippen LogP contribution in [0.5, 0.6) is 11.5 Å². The van der Waals surface area contributed by atoms with Crippen LogP contribution < -0.4 is 4.74 Å². The van der Waals surface area contributed by atoms with Gasteiger partial charge in [-0.3, -0.25) is 15.1 Å². The molecule has 3 rings (SSSR count). The zero-order valence-corrected chi connectivity index (χ0v) is 16.7. The minimum atomic E-state index is -0.602. The van der Waals surface area contributed by atoms with Crippen LogP contribution in [0.15, 0.2) is 59.6 Å². The summed E-state index contributed by atoms with van der Waals surface area (Å²) in [6, 6.07) is 14.3. The molecule has 0 saturated carbocycles. The first-order chi connectivity index (χ1) is 14.2. The van der Waals surface area contributed by atoms with Gasteiger partial charge in [-0.25, -0.2) is 4.79 Å². The SMILES string of the molecule is Cc1cc(O)c(N=Cc2ccc(OC(=O)c3ccc([N+](=O)[O-])c(C)c3)cc2)cc1C. The molecule has 0 spiro atoms. The summed E-state index contributed by atoms with van der Waals surface area (Å²) in [7, 11) is 0. The van der Waals surface area contributed by atoms with Crippen molar-refractivity contribution in [3.8, 4) is 11.5 Å². The maximum atomic E-state index is 12.3. The lowest BCUT2D eigenvalue weighted by Gasteiger charge is -2.06. The monoisotopic (exact) mass is 404 g/mol. The third-order valence-electron chi connectivity index (χ3n) is 4.66. The first kappa shape index (κ1) is 20.7. The first-order valence-electron chi connectivity index (χ1n) is 9.16. The van der Waals surface area contributed by atoms with E-state index >= 15 is 0 Å². The standard InChI is InChI=1S/C23H20N2O5/c1-14-11-20(22(26)12-15(14)2)24-13-17-4-7-19(8-5-17)30-23(27)18-6-9-21(25(28)29)16(3)10-18/h4-13,26H,1-3H3. The maximum absolute atomic E-state index is 12.3. The first-order valence-corrected chi connectivity index (χ1v) is 9.16. The summed E-state index contributed by atoms with van der Waals surface area (Å²) in [5, 5.41) is 20.9. The van der Waals surface area contributed by atoms with Crippen molar-refractivity contribution in [2.45, 2.75) is 20.8 Å². The van der Waals surface area contributed by atoms with Crippen LogP contribution in [0.4, 0.5) is 11.4 Å². The van der Waals surface area contributed by atoms with Crippen molar-refractivity contribution in [3.63, 3.8) is 0 Å². The fraction of sp³-hybridized carbons (Fsp3) is 0.130. The Kier molecular flexibility index (Phi) is 5.92. The predicted octanol–water partition coefficient (Wildman–Crippen LogP) is 5.20. The molecule has 0 radical (unpaired) electrons. The Morgan fingerprint density at radius 1 is 1.00 bits per heavy atom. The summed E-state index contributed by atoms with van der Waals surface area (Å²) < 4.78 is 5.33. The zero-order valence-electron chi connectivity index (χ0n) is 16.7. The van der Waals surface area contributed by atoms with E-state index in [9.17, 15) is 20.0 Å². The van der Waals surface area contributed by atoms with Crippen molar-refractivity contribution < 1.29 is 19.6 Å². The lowest BCUT2D eigenvalue weighted by molar-refractivity contribution is -0.385. The maximum Gasteiger partial charge on any atom is 0.343 e. The molecule has 0 heterocycles. The normalized spacial score (nSPS) is 10.9. The van der Waals surface area contributed by atoms with Crippen molar-refractivity contribution in [2.24, 2.45) is 4.99 Å². The number of nitro benzene ring substituents is 1. The molecule has 3 aromatic carbocycles. The summed E-state index contributed by atoms with van der Waals surface area (Å²) in [5.74, 6) is -0.157. The van der Waals surface area contributed by atoms with Crippen molar-refractivity contribution >= 4 is 23.6 Å². The smallest absolute Gasteiger partial charge is 0.343 e. The van der Waals surface area contributed by atoms with E-state index in [1.165, 1.54) is 18.2 Å². The Hall–Kier alpha value is -4.00. The van der Waals surface area contributed by atoms with Crippen LogP contribution in [0.2, 0.25) is 0 Å². The summed E-state index contributed by atoms with van der Waals surface area (Å²) in [4.78, 5) is 27.0. The van der Waals surface area contributed by atoms with Gasteiger partial charge in [0.2, 0.25) is 0 Å². The van der Waals surface area contributed by atoms with Gasteiger partial charge in [-0.1, -0.05) is 0 Å². The van der Waals surface area contributed by atoms with Gasteiger partial charge in [-0.15, -0.1) is 0 Å². The molecule has 0 saturated heterocycles. The van der Waals surface area contributed by atoms with E-state index in [0.29, 0.717) is 17.0 Å². The molecule has 0 bridgehead atoms. The molecular formula is C23H20N2O5. The Morgan fingerprint density at radius 2 is 1.67 bits per heavy atom. The molecule has 3 aromatic rings. The number of aromatic hydroxyl groups is 1. The number of nitro groups is 1. The highest BCUT2D eigenvalue weighted by Gasteiger charge is 2.15. The number of benzene rings is 3. The fourth-order valence-electron chi connectivity index (χ4n) is 2.81. The molecule has 152 valence electrons. The molecular weight excluding hydrogens is 384 g/mol. The predicted molar refractivity (Wildman–Crippen MR) is 114 cm³/mol. The Labute approximate surface area is 173 Å². The second kappa shape index (κ2) is 8.57. The minimum Gasteiger partial charge on any atom is -0.506 e. The number of carbonyl (C=O) groups excluding carboxylic acids is 1. The van der Waals surface area contributed by atoms with Crippen LogP contribution in [0.1, 0.15) is 32.6 Å². The summed E-state index contributed by atoms with van der Waals surface area (Å²) in [5.41, 5.74) is 3.82. The van der Waals surface area contributed by atoms with Crippen LogP contribution in [0.3, 0.4) is 0 Å². The van der Waals surface area contributed by atoms with E-state index in [4.69, 9.17) is 4.74 Å². The molecule has 0 aliphatic carbocycles. The second-order valence-electron chi connectivity index (χ2n) is 6.90. The number of esters is 1. The molecule has 0 amide bonds. The molecule has 0 fully saturated rings. The number of hydrogen-bond acceptors (Lipinski definition) is 6. The highest BCUT2D eigenvalue weighted by Crippen LogP contribution is 2.29. The number of hydrogen-bond donors (Lipinski definition) is 1. The number of aliphatic imine (C=N–C) groups is 1. The van der Waals surface area contributed by atoms with Gasteiger partial charge < -0.3 is 9.84 Å². The number of aryl methyl sites for hydroxylation is 3. The number of phenolic OH excluding ortho intramolecular Hbond substituents is 1. The molecule has 0 atom stereocenters. The molecule has 0 aliphatic rings. The van der Waals surface area contributed by atoms with Crippen molar-refractivity contribution in [1.29, 1.82) is 0 Å². The largest absolute Gasteiger partial charge is 0.506 e. The molecule has 7 nitrogen and oxygen atoms in total. The molecule has 30 heavy (non-hydrogen) atoms. The lowest BCUT2D eigenvalue weighted by atomic mass is 10.1. The zero-order chi connectivity index (χ0) is 21.8. The third kappa shape index (κ3) is 4.70. The van der Waals surface area contributed by atoms with Crippen LogP contribution in [-0.4, -0.2) is 22.2 Å². The number of ether oxygens (including phenoxy) is 1. The van der Waals surface area contributed by atoms with Gasteiger partial charge >= 0.3 is 5.97 Å². The van der Waals surface area contributed by atoms with Gasteiger partial charge in [0.15, 0.2) is 0 Å². The number of rotatable bonds is 5. The minimum absolute atomic E-state index is 0.0509. The number of nitrogens with zero attached hydrogens (tertiary/aromatic N) is 2. The molecule has 0 unspecified atom stereocenters. The van der Waals surface area contributed by atoms with Gasteiger partial charge in [0.1, 0.15) is 17.2 Å². The van der Waals surface area contributed by atoms with Gasteiger partial charge in [0, 0.05) is 17.8 Å². The van der Waals surface area contributed by atoms with Crippen molar-refractivity contribution in [2.75, 3.05) is 0 Å². The number of phenols is 1. The number of carbonyl (C=O) groups is 1. The van der Waals surface area contributed by atoms with Gasteiger partial charge in [-0.2, -0.15) is 0 Å². The van der Waals surface area contributed by atoms with E-state index in [1.807, 2.05) is 19.9 Å². The fourth-order valence-corrected chi connectivity index (χ4v) is 2.81.